The van der Waals surface area contributed by atoms with E-state index in [-0.39, 0.29) is 17.1 Å². The van der Waals surface area contributed by atoms with Crippen LogP contribution in [0.25, 0.3) is 0 Å². The van der Waals surface area contributed by atoms with E-state index < -0.39 is 5.82 Å². The van der Waals surface area contributed by atoms with Gasteiger partial charge in [-0.05, 0) is 31.9 Å². The van der Waals surface area contributed by atoms with Gasteiger partial charge in [-0.25, -0.2) is 14.1 Å². The first-order valence-corrected chi connectivity index (χ1v) is 6.93. The van der Waals surface area contributed by atoms with Gasteiger partial charge < -0.3 is 5.73 Å². The van der Waals surface area contributed by atoms with Crippen LogP contribution in [0.5, 0.6) is 0 Å². The zero-order valence-corrected chi connectivity index (χ0v) is 12.3. The molecule has 0 fully saturated rings. The second kappa shape index (κ2) is 6.33. The molecule has 0 saturated heterocycles. The Morgan fingerprint density at radius 2 is 2.10 bits per heavy atom. The summed E-state index contributed by atoms with van der Waals surface area (Å²) in [6.07, 6.45) is 2.48. The number of nitrogens with two attached hydrogens (primary N) is 1. The van der Waals surface area contributed by atoms with E-state index in [4.69, 9.17) is 17.3 Å². The normalized spacial score (nSPS) is 12.9. The fourth-order valence-electron chi connectivity index (χ4n) is 2.15. The average molecular weight is 297 g/mol. The maximum atomic E-state index is 13.8. The van der Waals surface area contributed by atoms with E-state index in [1.165, 1.54) is 12.4 Å². The van der Waals surface area contributed by atoms with E-state index >= 15 is 0 Å². The quantitative estimate of drug-likeness (QED) is 0.923. The molecule has 0 bridgehead atoms. The fourth-order valence-corrected chi connectivity index (χ4v) is 2.34. The van der Waals surface area contributed by atoms with E-state index in [0.29, 0.717) is 18.4 Å². The maximum absolute atomic E-state index is 13.8. The SMILES string of the molecule is CC(C)n1ncnc1CC(N)Cc1cccc(Cl)c1F. The van der Waals surface area contributed by atoms with Crippen LogP contribution in [-0.2, 0) is 12.8 Å². The summed E-state index contributed by atoms with van der Waals surface area (Å²) in [4.78, 5) is 4.21. The molecule has 0 amide bonds. The highest BCUT2D eigenvalue weighted by atomic mass is 35.5. The number of hydrogen-bond donors (Lipinski definition) is 1. The molecule has 0 aliphatic heterocycles. The lowest BCUT2D eigenvalue weighted by Gasteiger charge is -2.14. The monoisotopic (exact) mass is 296 g/mol. The van der Waals surface area contributed by atoms with Gasteiger partial charge >= 0.3 is 0 Å². The molecule has 108 valence electrons. The van der Waals surface area contributed by atoms with E-state index in [0.717, 1.165) is 5.82 Å². The molecule has 0 radical (unpaired) electrons. The second-order valence-corrected chi connectivity index (χ2v) is 5.50. The van der Waals surface area contributed by atoms with Crippen LogP contribution in [0.15, 0.2) is 24.5 Å². The van der Waals surface area contributed by atoms with E-state index in [1.807, 2.05) is 18.5 Å². The summed E-state index contributed by atoms with van der Waals surface area (Å²) in [5.41, 5.74) is 6.62. The van der Waals surface area contributed by atoms with Crippen molar-refractivity contribution in [2.45, 2.75) is 38.8 Å². The molecule has 4 nitrogen and oxygen atoms in total. The van der Waals surface area contributed by atoms with Crippen LogP contribution in [0.2, 0.25) is 5.02 Å². The van der Waals surface area contributed by atoms with Crippen LogP contribution in [0, 0.1) is 5.82 Å². The number of nitrogens with zero attached hydrogens (tertiary/aromatic N) is 3. The summed E-state index contributed by atoms with van der Waals surface area (Å²) in [6, 6.07) is 4.95. The Kier molecular flexibility index (Phi) is 4.73. The Morgan fingerprint density at radius 1 is 1.35 bits per heavy atom. The summed E-state index contributed by atoms with van der Waals surface area (Å²) in [6.45, 7) is 4.06. The first-order valence-electron chi connectivity index (χ1n) is 6.56. The molecular weight excluding hydrogens is 279 g/mol. The van der Waals surface area contributed by atoms with E-state index in [1.54, 1.807) is 12.1 Å². The zero-order valence-electron chi connectivity index (χ0n) is 11.6. The standard InChI is InChI=1S/C14H18ClFN4/c1-9(2)20-13(18-8-19-20)7-11(17)6-10-4-3-5-12(15)14(10)16/h3-5,8-9,11H,6-7,17H2,1-2H3. The predicted octanol–water partition coefficient (Wildman–Crippen LogP) is 2.76. The third-order valence-electron chi connectivity index (χ3n) is 3.09. The largest absolute Gasteiger partial charge is 0.327 e. The van der Waals surface area contributed by atoms with Crippen LogP contribution >= 0.6 is 11.6 Å². The van der Waals surface area contributed by atoms with Crippen LogP contribution < -0.4 is 5.73 Å². The Morgan fingerprint density at radius 3 is 2.80 bits per heavy atom. The van der Waals surface area contributed by atoms with Crippen molar-refractivity contribution in [3.63, 3.8) is 0 Å². The zero-order chi connectivity index (χ0) is 14.7. The number of rotatable bonds is 5. The minimum absolute atomic E-state index is 0.125. The highest BCUT2D eigenvalue weighted by molar-refractivity contribution is 6.30. The van der Waals surface area contributed by atoms with Crippen molar-refractivity contribution in [2.24, 2.45) is 5.73 Å². The molecule has 2 N–H and O–H groups in total. The van der Waals surface area contributed by atoms with Gasteiger partial charge in [0.1, 0.15) is 18.0 Å². The third kappa shape index (κ3) is 3.35. The van der Waals surface area contributed by atoms with Gasteiger partial charge in [0.05, 0.1) is 5.02 Å². The number of hydrogen-bond acceptors (Lipinski definition) is 3. The molecule has 1 atom stereocenters. The molecule has 2 rings (SSSR count). The lowest BCUT2D eigenvalue weighted by atomic mass is 10.0. The van der Waals surface area contributed by atoms with Gasteiger partial charge in [0.15, 0.2) is 0 Å². The molecule has 1 aromatic heterocycles. The topological polar surface area (TPSA) is 56.7 Å². The molecule has 0 aliphatic carbocycles. The first-order chi connectivity index (χ1) is 9.49. The summed E-state index contributed by atoms with van der Waals surface area (Å²) in [5, 5.41) is 4.29. The molecule has 20 heavy (non-hydrogen) atoms. The Labute approximate surface area is 122 Å². The molecular formula is C14H18ClFN4. The van der Waals surface area contributed by atoms with Gasteiger partial charge in [-0.1, -0.05) is 23.7 Å². The van der Waals surface area contributed by atoms with E-state index in [2.05, 4.69) is 10.1 Å². The molecule has 1 unspecified atom stereocenters. The second-order valence-electron chi connectivity index (χ2n) is 5.10. The lowest BCUT2D eigenvalue weighted by molar-refractivity contribution is 0.487. The maximum Gasteiger partial charge on any atom is 0.145 e. The van der Waals surface area contributed by atoms with Crippen molar-refractivity contribution in [2.75, 3.05) is 0 Å². The molecule has 6 heteroatoms. The third-order valence-corrected chi connectivity index (χ3v) is 3.39. The van der Waals surface area contributed by atoms with Crippen LogP contribution in [-0.4, -0.2) is 20.8 Å². The van der Waals surface area contributed by atoms with Gasteiger partial charge in [0, 0.05) is 18.5 Å². The van der Waals surface area contributed by atoms with Crippen molar-refractivity contribution in [3.05, 3.63) is 46.8 Å². The number of aromatic nitrogens is 3. The van der Waals surface area contributed by atoms with Gasteiger partial charge in [-0.15, -0.1) is 0 Å². The number of halogens is 2. The van der Waals surface area contributed by atoms with Crippen molar-refractivity contribution in [1.29, 1.82) is 0 Å². The molecule has 1 aromatic carbocycles. The lowest BCUT2D eigenvalue weighted by Crippen LogP contribution is -2.28. The van der Waals surface area contributed by atoms with Gasteiger partial charge in [0.25, 0.3) is 0 Å². The Bertz CT molecular complexity index is 582. The van der Waals surface area contributed by atoms with Crippen LogP contribution in [0.3, 0.4) is 0 Å². The predicted molar refractivity (Wildman–Crippen MR) is 77.2 cm³/mol. The minimum Gasteiger partial charge on any atom is -0.327 e. The van der Waals surface area contributed by atoms with Gasteiger partial charge in [-0.2, -0.15) is 5.10 Å². The molecule has 0 spiro atoms. The average Bonchev–Trinajstić information content (AvgIpc) is 2.83. The number of benzene rings is 1. The van der Waals surface area contributed by atoms with Gasteiger partial charge in [-0.3, -0.25) is 0 Å². The molecule has 0 aliphatic rings. The van der Waals surface area contributed by atoms with Crippen LogP contribution in [0.4, 0.5) is 4.39 Å². The smallest absolute Gasteiger partial charge is 0.145 e. The van der Waals surface area contributed by atoms with Crippen molar-refractivity contribution in [1.82, 2.24) is 14.8 Å². The Hall–Kier alpha value is -1.46. The summed E-state index contributed by atoms with van der Waals surface area (Å²) in [7, 11) is 0. The molecule has 2 aromatic rings. The molecule has 1 heterocycles. The van der Waals surface area contributed by atoms with Crippen molar-refractivity contribution in [3.8, 4) is 0 Å². The van der Waals surface area contributed by atoms with Gasteiger partial charge in [0.2, 0.25) is 0 Å². The summed E-state index contributed by atoms with van der Waals surface area (Å²) >= 11 is 5.76. The molecule has 0 saturated carbocycles. The summed E-state index contributed by atoms with van der Waals surface area (Å²) in [5.74, 6) is 0.421. The minimum atomic E-state index is -0.394. The fraction of sp³-hybridized carbons (Fsp3) is 0.429. The van der Waals surface area contributed by atoms with Crippen LogP contribution in [0.1, 0.15) is 31.3 Å². The first kappa shape index (κ1) is 14.9. The Balaban J connectivity index is 2.07. The van der Waals surface area contributed by atoms with Crippen molar-refractivity contribution < 1.29 is 4.39 Å². The highest BCUT2D eigenvalue weighted by Crippen LogP contribution is 2.19. The van der Waals surface area contributed by atoms with Crippen molar-refractivity contribution >= 4 is 11.6 Å². The summed E-state index contributed by atoms with van der Waals surface area (Å²) < 4.78 is 15.7. The van der Waals surface area contributed by atoms with E-state index in [9.17, 15) is 4.39 Å². The highest BCUT2D eigenvalue weighted by Gasteiger charge is 2.15.